The number of alkyl halides is 3. The first kappa shape index (κ1) is 21.6. The summed E-state index contributed by atoms with van der Waals surface area (Å²) in [7, 11) is 0. The molecule has 3 aromatic rings. The lowest BCUT2D eigenvalue weighted by Crippen LogP contribution is -2.26. The van der Waals surface area contributed by atoms with E-state index in [1.807, 2.05) is 13.0 Å². The van der Waals surface area contributed by atoms with Crippen LogP contribution >= 0.6 is 11.6 Å². The summed E-state index contributed by atoms with van der Waals surface area (Å²) in [4.78, 5) is 32.3. The second-order valence-corrected chi connectivity index (χ2v) is 6.76. The number of hydrogen-bond donors (Lipinski definition) is 1. The van der Waals surface area contributed by atoms with Gasteiger partial charge in [-0.25, -0.2) is 9.97 Å². The van der Waals surface area contributed by atoms with Crippen LogP contribution < -0.4 is 10.9 Å². The fourth-order valence-electron chi connectivity index (χ4n) is 2.69. The summed E-state index contributed by atoms with van der Waals surface area (Å²) in [5.74, 6) is -0.634. The lowest BCUT2D eigenvalue weighted by molar-refractivity contribution is -0.144. The van der Waals surface area contributed by atoms with E-state index in [-0.39, 0.29) is 36.1 Å². The average molecular weight is 441 g/mol. The van der Waals surface area contributed by atoms with Crippen molar-refractivity contribution in [3.05, 3.63) is 63.3 Å². The Hall–Kier alpha value is -3.14. The van der Waals surface area contributed by atoms with Gasteiger partial charge in [-0.15, -0.1) is 0 Å². The van der Waals surface area contributed by atoms with Gasteiger partial charge in [0.05, 0.1) is 34.4 Å². The number of pyridine rings is 1. The molecule has 158 valence electrons. The molecule has 1 N–H and O–H groups in total. The summed E-state index contributed by atoms with van der Waals surface area (Å²) >= 11 is 5.78. The summed E-state index contributed by atoms with van der Waals surface area (Å²) < 4.78 is 44.0. The predicted molar refractivity (Wildman–Crippen MR) is 104 cm³/mol. The highest BCUT2D eigenvalue weighted by Crippen LogP contribution is 2.32. The summed E-state index contributed by atoms with van der Waals surface area (Å²) in [6, 6.07) is 5.95. The van der Waals surface area contributed by atoms with Crippen LogP contribution in [-0.4, -0.2) is 33.7 Å². The number of benzene rings is 1. The molecule has 0 radical (unpaired) electrons. The second kappa shape index (κ2) is 8.70. The Morgan fingerprint density at radius 1 is 1.30 bits per heavy atom. The maximum atomic E-state index is 12.6. The fourth-order valence-corrected chi connectivity index (χ4v) is 2.93. The summed E-state index contributed by atoms with van der Waals surface area (Å²) in [5, 5.41) is 2.87. The second-order valence-electron chi connectivity index (χ2n) is 6.35. The number of nitrogens with one attached hydrogen (secondary N) is 1. The van der Waals surface area contributed by atoms with E-state index in [2.05, 4.69) is 15.3 Å². The normalized spacial score (nSPS) is 11.5. The molecule has 0 saturated heterocycles. The molecule has 0 amide bonds. The monoisotopic (exact) mass is 440 g/mol. The SMILES string of the molecule is Cc1cccc2c(=O)n(CC(=O)OCCNc3ncc(C(F)(F)F)cc3Cl)cnc12. The van der Waals surface area contributed by atoms with E-state index in [9.17, 15) is 22.8 Å². The minimum Gasteiger partial charge on any atom is -0.462 e. The molecular formula is C19H16ClF3N4O3. The third kappa shape index (κ3) is 4.88. The zero-order valence-corrected chi connectivity index (χ0v) is 16.4. The highest BCUT2D eigenvalue weighted by molar-refractivity contribution is 6.32. The predicted octanol–water partition coefficient (Wildman–Crippen LogP) is 3.43. The maximum Gasteiger partial charge on any atom is 0.417 e. The molecule has 3 rings (SSSR count). The van der Waals surface area contributed by atoms with E-state index < -0.39 is 17.7 Å². The van der Waals surface area contributed by atoms with Gasteiger partial charge in [0.2, 0.25) is 0 Å². The molecule has 1 aromatic carbocycles. The number of para-hydroxylation sites is 1. The first-order valence-corrected chi connectivity index (χ1v) is 9.11. The average Bonchev–Trinajstić information content (AvgIpc) is 2.68. The molecule has 0 aliphatic heterocycles. The molecule has 0 atom stereocenters. The van der Waals surface area contributed by atoms with Gasteiger partial charge >= 0.3 is 12.1 Å². The maximum absolute atomic E-state index is 12.6. The van der Waals surface area contributed by atoms with Crippen LogP contribution in [0.1, 0.15) is 11.1 Å². The van der Waals surface area contributed by atoms with E-state index in [0.717, 1.165) is 16.2 Å². The van der Waals surface area contributed by atoms with Crippen LogP contribution in [0.3, 0.4) is 0 Å². The molecule has 2 heterocycles. The van der Waals surface area contributed by atoms with E-state index >= 15 is 0 Å². The Bertz CT molecular complexity index is 1150. The van der Waals surface area contributed by atoms with Crippen LogP contribution in [0.4, 0.5) is 19.0 Å². The summed E-state index contributed by atoms with van der Waals surface area (Å²) in [5.41, 5.74) is 0.0896. The van der Waals surface area contributed by atoms with E-state index in [1.165, 1.54) is 6.33 Å². The molecule has 7 nitrogen and oxygen atoms in total. The van der Waals surface area contributed by atoms with Crippen molar-refractivity contribution in [2.75, 3.05) is 18.5 Å². The van der Waals surface area contributed by atoms with Crippen molar-refractivity contribution < 1.29 is 22.7 Å². The molecule has 0 saturated carbocycles. The van der Waals surface area contributed by atoms with Gasteiger partial charge < -0.3 is 10.1 Å². The van der Waals surface area contributed by atoms with Crippen LogP contribution in [0.2, 0.25) is 5.02 Å². The van der Waals surface area contributed by atoms with Crippen LogP contribution in [0, 0.1) is 6.92 Å². The van der Waals surface area contributed by atoms with Gasteiger partial charge in [0, 0.05) is 6.20 Å². The molecule has 30 heavy (non-hydrogen) atoms. The van der Waals surface area contributed by atoms with Gasteiger partial charge in [0.1, 0.15) is 19.0 Å². The molecule has 0 aliphatic carbocycles. The Kier molecular flexibility index (Phi) is 6.25. The van der Waals surface area contributed by atoms with Crippen molar-refractivity contribution in [2.45, 2.75) is 19.6 Å². The molecule has 0 aliphatic rings. The van der Waals surface area contributed by atoms with Crippen LogP contribution in [0.5, 0.6) is 0 Å². The topological polar surface area (TPSA) is 86.1 Å². The Labute approximate surface area is 173 Å². The number of ether oxygens (including phenoxy) is 1. The van der Waals surface area contributed by atoms with Crippen molar-refractivity contribution in [3.8, 4) is 0 Å². The van der Waals surface area contributed by atoms with Gasteiger partial charge in [-0.2, -0.15) is 13.2 Å². The minimum atomic E-state index is -4.54. The Morgan fingerprint density at radius 3 is 2.77 bits per heavy atom. The van der Waals surface area contributed by atoms with E-state index in [4.69, 9.17) is 16.3 Å². The summed E-state index contributed by atoms with van der Waals surface area (Å²) in [6.07, 6.45) is -2.61. The van der Waals surface area contributed by atoms with Gasteiger partial charge in [-0.3, -0.25) is 14.2 Å². The number of carbonyl (C=O) groups is 1. The molecule has 11 heteroatoms. The molecule has 0 fully saturated rings. The number of aromatic nitrogens is 3. The van der Waals surface area contributed by atoms with Gasteiger partial charge in [-0.1, -0.05) is 23.7 Å². The zero-order chi connectivity index (χ0) is 21.9. The van der Waals surface area contributed by atoms with Crippen molar-refractivity contribution in [1.29, 1.82) is 0 Å². The Morgan fingerprint density at radius 2 is 2.07 bits per heavy atom. The molecular weight excluding hydrogens is 425 g/mol. The van der Waals surface area contributed by atoms with Crippen LogP contribution in [-0.2, 0) is 22.3 Å². The first-order valence-electron chi connectivity index (χ1n) is 8.74. The first-order chi connectivity index (χ1) is 14.2. The lowest BCUT2D eigenvalue weighted by atomic mass is 10.1. The van der Waals surface area contributed by atoms with Crippen molar-refractivity contribution >= 4 is 34.3 Å². The molecule has 0 spiro atoms. The number of halogens is 4. The van der Waals surface area contributed by atoms with Gasteiger partial charge in [-0.05, 0) is 24.6 Å². The van der Waals surface area contributed by atoms with Crippen LogP contribution in [0.15, 0.2) is 41.6 Å². The van der Waals surface area contributed by atoms with Gasteiger partial charge in [0.15, 0.2) is 0 Å². The smallest absolute Gasteiger partial charge is 0.417 e. The minimum absolute atomic E-state index is 0.0334. The van der Waals surface area contributed by atoms with Crippen molar-refractivity contribution in [1.82, 2.24) is 14.5 Å². The van der Waals surface area contributed by atoms with Crippen LogP contribution in [0.25, 0.3) is 10.9 Å². The number of carbonyl (C=O) groups excluding carboxylic acids is 1. The van der Waals surface area contributed by atoms with Gasteiger partial charge in [0.25, 0.3) is 5.56 Å². The summed E-state index contributed by atoms with van der Waals surface area (Å²) in [6.45, 7) is 1.47. The zero-order valence-electron chi connectivity index (χ0n) is 15.7. The number of aryl methyl sites for hydroxylation is 1. The highest BCUT2D eigenvalue weighted by atomic mass is 35.5. The number of hydrogen-bond acceptors (Lipinski definition) is 6. The third-order valence-electron chi connectivity index (χ3n) is 4.18. The fraction of sp³-hybridized carbons (Fsp3) is 0.263. The number of nitrogens with zero attached hydrogens (tertiary/aromatic N) is 3. The van der Waals surface area contributed by atoms with Crippen molar-refractivity contribution in [2.24, 2.45) is 0 Å². The largest absolute Gasteiger partial charge is 0.462 e. The number of fused-ring (bicyclic) bond motifs is 1. The number of anilines is 1. The van der Waals surface area contributed by atoms with E-state index in [0.29, 0.717) is 17.1 Å². The Balaban J connectivity index is 1.54. The molecule has 0 bridgehead atoms. The standard InChI is InChI=1S/C19H16ClF3N4O3/c1-11-3-2-4-13-16(11)26-10-27(18(13)29)9-15(28)30-6-5-24-17-14(20)7-12(8-25-17)19(21,22)23/h2-4,7-8,10H,5-6,9H2,1H3,(H,24,25). The van der Waals surface area contributed by atoms with Crippen molar-refractivity contribution in [3.63, 3.8) is 0 Å². The third-order valence-corrected chi connectivity index (χ3v) is 4.47. The quantitative estimate of drug-likeness (QED) is 0.467. The van der Waals surface area contributed by atoms with E-state index in [1.54, 1.807) is 12.1 Å². The highest BCUT2D eigenvalue weighted by Gasteiger charge is 2.31. The lowest BCUT2D eigenvalue weighted by Gasteiger charge is -2.11. The molecule has 0 unspecified atom stereocenters. The number of rotatable bonds is 6. The molecule has 2 aromatic heterocycles. The number of esters is 1.